The zero-order valence-electron chi connectivity index (χ0n) is 12.9. The van der Waals surface area contributed by atoms with Gasteiger partial charge in [-0.05, 0) is 28.7 Å². The summed E-state index contributed by atoms with van der Waals surface area (Å²) < 4.78 is 0. The Morgan fingerprint density at radius 2 is 1.13 bits per heavy atom. The van der Waals surface area contributed by atoms with E-state index in [-0.39, 0.29) is 0 Å². The van der Waals surface area contributed by atoms with Gasteiger partial charge in [0.05, 0.1) is 0 Å². The minimum absolute atomic E-state index is 0.540. The van der Waals surface area contributed by atoms with E-state index in [4.69, 9.17) is 0 Å². The Kier molecular flexibility index (Phi) is 3.68. The molecular formula is C23H18. The molecule has 0 heterocycles. The minimum Gasteiger partial charge on any atom is -0.112 e. The average molecular weight is 294 g/mol. The van der Waals surface area contributed by atoms with Crippen LogP contribution < -0.4 is 0 Å². The van der Waals surface area contributed by atoms with Crippen molar-refractivity contribution in [3.8, 4) is 0 Å². The van der Waals surface area contributed by atoms with Gasteiger partial charge in [-0.15, -0.1) is 5.73 Å². The molecule has 1 aliphatic rings. The monoisotopic (exact) mass is 294 g/mol. The number of hydrogen-bond acceptors (Lipinski definition) is 0. The number of allylic oxidation sites excluding steroid dienone is 1. The fraction of sp³-hybridized carbons (Fsp3) is 0.0870. The molecule has 0 nitrogen and oxygen atoms in total. The van der Waals surface area contributed by atoms with Crippen LogP contribution >= 0.6 is 0 Å². The molecule has 1 fully saturated rings. The van der Waals surface area contributed by atoms with Crippen LogP contribution in [0.15, 0.2) is 102 Å². The summed E-state index contributed by atoms with van der Waals surface area (Å²) in [7, 11) is 0. The maximum Gasteiger partial charge on any atom is 0.0309 e. The van der Waals surface area contributed by atoms with E-state index in [1.165, 1.54) is 27.8 Å². The van der Waals surface area contributed by atoms with Gasteiger partial charge >= 0.3 is 0 Å². The molecule has 23 heavy (non-hydrogen) atoms. The predicted octanol–water partition coefficient (Wildman–Crippen LogP) is 5.83. The van der Waals surface area contributed by atoms with Crippen molar-refractivity contribution in [1.29, 1.82) is 0 Å². The van der Waals surface area contributed by atoms with Gasteiger partial charge in [0.1, 0.15) is 0 Å². The van der Waals surface area contributed by atoms with Gasteiger partial charge in [-0.3, -0.25) is 0 Å². The second-order valence-corrected chi connectivity index (χ2v) is 5.92. The first-order chi connectivity index (χ1) is 11.4. The van der Waals surface area contributed by atoms with Crippen molar-refractivity contribution in [1.82, 2.24) is 0 Å². The van der Waals surface area contributed by atoms with Crippen LogP contribution in [0.5, 0.6) is 0 Å². The van der Waals surface area contributed by atoms with E-state index in [2.05, 4.69) is 96.7 Å². The molecule has 1 saturated carbocycles. The van der Waals surface area contributed by atoms with Gasteiger partial charge in [0, 0.05) is 11.5 Å². The normalized spacial score (nSPS) is 15.8. The molecule has 1 aliphatic carbocycles. The molecule has 0 bridgehead atoms. The van der Waals surface area contributed by atoms with E-state index in [0.717, 1.165) is 6.42 Å². The quantitative estimate of drug-likeness (QED) is 0.533. The summed E-state index contributed by atoms with van der Waals surface area (Å²) in [6, 6.07) is 31.9. The Morgan fingerprint density at radius 1 is 0.652 bits per heavy atom. The molecule has 1 atom stereocenters. The third kappa shape index (κ3) is 3.04. The van der Waals surface area contributed by atoms with Gasteiger partial charge < -0.3 is 0 Å². The van der Waals surface area contributed by atoms with Crippen LogP contribution in [0.25, 0.3) is 5.57 Å². The Balaban J connectivity index is 1.80. The van der Waals surface area contributed by atoms with Gasteiger partial charge in [0.25, 0.3) is 0 Å². The molecule has 0 spiro atoms. The van der Waals surface area contributed by atoms with E-state index in [1.54, 1.807) is 0 Å². The summed E-state index contributed by atoms with van der Waals surface area (Å²) in [5, 5.41) is 0. The third-order valence-electron chi connectivity index (χ3n) is 4.30. The molecule has 3 aromatic carbocycles. The molecule has 0 aromatic heterocycles. The average Bonchev–Trinajstić information content (AvgIpc) is 3.41. The summed E-state index contributed by atoms with van der Waals surface area (Å²) in [6.07, 6.45) is 1.12. The Hall–Kier alpha value is -2.82. The molecule has 1 unspecified atom stereocenters. The van der Waals surface area contributed by atoms with Crippen molar-refractivity contribution in [2.75, 3.05) is 0 Å². The zero-order chi connectivity index (χ0) is 15.5. The highest BCUT2D eigenvalue weighted by Gasteiger charge is 2.31. The lowest BCUT2D eigenvalue weighted by Gasteiger charge is -2.05. The second kappa shape index (κ2) is 6.12. The van der Waals surface area contributed by atoms with E-state index in [9.17, 15) is 0 Å². The van der Waals surface area contributed by atoms with E-state index in [0.29, 0.717) is 5.92 Å². The Labute approximate surface area is 137 Å². The van der Waals surface area contributed by atoms with Crippen LogP contribution in [0, 0.1) is 0 Å². The molecule has 0 heteroatoms. The number of rotatable bonds is 3. The smallest absolute Gasteiger partial charge is 0.0309 e. The highest BCUT2D eigenvalue weighted by Crippen LogP contribution is 2.46. The molecule has 3 aromatic rings. The van der Waals surface area contributed by atoms with E-state index >= 15 is 0 Å². The van der Waals surface area contributed by atoms with Crippen LogP contribution in [0.4, 0.5) is 0 Å². The largest absolute Gasteiger partial charge is 0.112 e. The van der Waals surface area contributed by atoms with Crippen LogP contribution in [0.2, 0.25) is 0 Å². The number of hydrogen-bond donors (Lipinski definition) is 0. The lowest BCUT2D eigenvalue weighted by atomic mass is 9.98. The predicted molar refractivity (Wildman–Crippen MR) is 96.2 cm³/mol. The van der Waals surface area contributed by atoms with E-state index < -0.39 is 0 Å². The molecule has 0 amide bonds. The standard InChI is InChI=1S/C23H18/c1-4-10-18(11-5-1)22(19-12-6-2-7-13-19)16-21-17-23(21)20-14-8-3-9-15-20/h1-15,23H,17H2. The molecular weight excluding hydrogens is 276 g/mol. The molecule has 0 N–H and O–H groups in total. The second-order valence-electron chi connectivity index (χ2n) is 5.92. The van der Waals surface area contributed by atoms with Gasteiger partial charge in [-0.25, -0.2) is 0 Å². The molecule has 0 radical (unpaired) electrons. The highest BCUT2D eigenvalue weighted by molar-refractivity contribution is 5.80. The maximum absolute atomic E-state index is 3.71. The number of benzene rings is 3. The Morgan fingerprint density at radius 3 is 1.65 bits per heavy atom. The zero-order valence-corrected chi connectivity index (χ0v) is 12.9. The summed E-state index contributed by atoms with van der Waals surface area (Å²) >= 11 is 0. The molecule has 4 rings (SSSR count). The topological polar surface area (TPSA) is 0 Å². The summed E-state index contributed by atoms with van der Waals surface area (Å²) in [5.74, 6) is 0.540. The van der Waals surface area contributed by atoms with Crippen molar-refractivity contribution < 1.29 is 0 Å². The van der Waals surface area contributed by atoms with Crippen molar-refractivity contribution in [3.05, 3.63) is 119 Å². The minimum atomic E-state index is 0.540. The van der Waals surface area contributed by atoms with Crippen LogP contribution in [-0.4, -0.2) is 0 Å². The van der Waals surface area contributed by atoms with Gasteiger partial charge in [-0.2, -0.15) is 0 Å². The summed E-state index contributed by atoms with van der Waals surface area (Å²) in [5.41, 5.74) is 10.2. The van der Waals surface area contributed by atoms with Crippen molar-refractivity contribution in [2.24, 2.45) is 0 Å². The van der Waals surface area contributed by atoms with Crippen LogP contribution in [0.3, 0.4) is 0 Å². The highest BCUT2D eigenvalue weighted by atomic mass is 14.3. The van der Waals surface area contributed by atoms with Crippen LogP contribution in [0.1, 0.15) is 29.0 Å². The van der Waals surface area contributed by atoms with Gasteiger partial charge in [0.2, 0.25) is 0 Å². The fourth-order valence-electron chi connectivity index (χ4n) is 2.98. The van der Waals surface area contributed by atoms with Crippen molar-refractivity contribution in [3.63, 3.8) is 0 Å². The SMILES string of the molecule is C(=C(c1ccccc1)c1ccccc1)=C1CC1c1ccccc1. The third-order valence-corrected chi connectivity index (χ3v) is 4.30. The van der Waals surface area contributed by atoms with Crippen LogP contribution in [-0.2, 0) is 0 Å². The molecule has 0 saturated heterocycles. The first-order valence-corrected chi connectivity index (χ1v) is 8.07. The van der Waals surface area contributed by atoms with Gasteiger partial charge in [0.15, 0.2) is 0 Å². The summed E-state index contributed by atoms with van der Waals surface area (Å²) in [6.45, 7) is 0. The molecule has 0 aliphatic heterocycles. The lowest BCUT2D eigenvalue weighted by Crippen LogP contribution is -1.85. The van der Waals surface area contributed by atoms with Gasteiger partial charge in [-0.1, -0.05) is 91.0 Å². The summed E-state index contributed by atoms with van der Waals surface area (Å²) in [4.78, 5) is 0. The fourth-order valence-corrected chi connectivity index (χ4v) is 2.98. The first kappa shape index (κ1) is 13.8. The first-order valence-electron chi connectivity index (χ1n) is 8.07. The maximum atomic E-state index is 3.71. The van der Waals surface area contributed by atoms with Crippen molar-refractivity contribution >= 4 is 5.57 Å². The Bertz CT molecular complexity index is 810. The lowest BCUT2D eigenvalue weighted by molar-refractivity contribution is 1.16. The van der Waals surface area contributed by atoms with Crippen molar-refractivity contribution in [2.45, 2.75) is 12.3 Å². The van der Waals surface area contributed by atoms with E-state index in [1.807, 2.05) is 0 Å². The molecule has 110 valence electrons.